The number of quaternary nitrogens is 1. The molecule has 5 heteroatoms. The van der Waals surface area contributed by atoms with E-state index < -0.39 is 22.5 Å². The Morgan fingerprint density at radius 3 is 2.17 bits per heavy atom. The van der Waals surface area contributed by atoms with Gasteiger partial charge in [0.15, 0.2) is 0 Å². The number of Topliss-reactive ketones (excluding diaryl/α,β-unsaturated/α-hetero) is 1. The summed E-state index contributed by atoms with van der Waals surface area (Å²) in [6, 6.07) is 17.4. The van der Waals surface area contributed by atoms with Crippen LogP contribution in [0.25, 0.3) is 0 Å². The lowest BCUT2D eigenvalue weighted by Crippen LogP contribution is -3.18. The molecule has 3 rings (SSSR count). The summed E-state index contributed by atoms with van der Waals surface area (Å²) in [5, 5.41) is 26.6. The van der Waals surface area contributed by atoms with Gasteiger partial charge in [0.1, 0.15) is 5.54 Å². The van der Waals surface area contributed by atoms with Crippen molar-refractivity contribution in [2.24, 2.45) is 0 Å². The lowest BCUT2D eigenvalue weighted by atomic mass is 9.86. The van der Waals surface area contributed by atoms with E-state index in [1.165, 1.54) is 0 Å². The number of aliphatic hydroxyl groups is 1. The highest BCUT2D eigenvalue weighted by Gasteiger charge is 2.61. The normalized spacial score (nSPS) is 29.4. The van der Waals surface area contributed by atoms with Gasteiger partial charge in [-0.25, -0.2) is 5.32 Å². The molecular weight excluding hydrogens is 292 g/mol. The molecule has 0 radical (unpaired) electrons. The van der Waals surface area contributed by atoms with Crippen LogP contribution in [0.1, 0.15) is 29.8 Å². The minimum absolute atomic E-state index is 0.324. The molecule has 1 aliphatic rings. The minimum Gasteiger partial charge on any atom is -0.630 e. The second-order valence-corrected chi connectivity index (χ2v) is 6.37. The molecule has 1 fully saturated rings. The molecule has 0 aliphatic carbocycles. The van der Waals surface area contributed by atoms with Crippen LogP contribution in [0, 0.1) is 5.21 Å². The highest BCUT2D eigenvalue weighted by atomic mass is 16.6. The topological polar surface area (TPSA) is 76.8 Å². The van der Waals surface area contributed by atoms with Gasteiger partial charge in [0.25, 0.3) is 0 Å². The number of hydrogen-bond donors (Lipinski definition) is 3. The molecule has 0 spiro atoms. The molecule has 0 saturated carbocycles. The van der Waals surface area contributed by atoms with E-state index in [-0.39, 0.29) is 5.78 Å². The van der Waals surface area contributed by atoms with Crippen molar-refractivity contribution in [3.05, 3.63) is 77.0 Å². The summed E-state index contributed by atoms with van der Waals surface area (Å²) in [5.74, 6) is -0.324. The summed E-state index contributed by atoms with van der Waals surface area (Å²) in [4.78, 5) is 12.7. The zero-order valence-corrected chi connectivity index (χ0v) is 13.1. The molecule has 5 nitrogen and oxygen atoms in total. The summed E-state index contributed by atoms with van der Waals surface area (Å²) < 4.78 is 0. The first-order valence-electron chi connectivity index (χ1n) is 7.57. The van der Waals surface area contributed by atoms with Crippen LogP contribution in [0.15, 0.2) is 60.7 Å². The molecule has 23 heavy (non-hydrogen) atoms. The summed E-state index contributed by atoms with van der Waals surface area (Å²) in [7, 11) is 0. The molecule has 1 heterocycles. The third kappa shape index (κ3) is 2.38. The Bertz CT molecular complexity index is 703. The maximum atomic E-state index is 12.9. The van der Waals surface area contributed by atoms with Crippen LogP contribution in [-0.2, 0) is 5.72 Å². The molecule has 3 N–H and O–H groups in total. The summed E-state index contributed by atoms with van der Waals surface area (Å²) in [6.07, 6.45) is -1.06. The van der Waals surface area contributed by atoms with Crippen molar-refractivity contribution in [2.45, 2.75) is 31.3 Å². The first kappa shape index (κ1) is 15.8. The Hall–Kier alpha value is -2.05. The van der Waals surface area contributed by atoms with E-state index in [0.29, 0.717) is 11.1 Å². The van der Waals surface area contributed by atoms with Crippen molar-refractivity contribution in [3.8, 4) is 0 Å². The molecule has 2 aromatic rings. The zero-order valence-electron chi connectivity index (χ0n) is 13.1. The molecule has 1 aliphatic heterocycles. The number of carbonyl (C=O) groups excluding carboxylic acids is 1. The monoisotopic (exact) mass is 312 g/mol. The van der Waals surface area contributed by atoms with Gasteiger partial charge in [-0.3, -0.25) is 4.79 Å². The van der Waals surface area contributed by atoms with Gasteiger partial charge in [-0.1, -0.05) is 48.5 Å². The fourth-order valence-corrected chi connectivity index (χ4v) is 3.18. The third-order valence-corrected chi connectivity index (χ3v) is 4.54. The number of rotatable bonds is 3. The van der Waals surface area contributed by atoms with Crippen molar-refractivity contribution in [1.82, 2.24) is 5.32 Å². The number of benzene rings is 2. The average molecular weight is 312 g/mol. The molecular formula is C18H20N2O3. The van der Waals surface area contributed by atoms with Gasteiger partial charge in [0.05, 0.1) is 0 Å². The maximum Gasteiger partial charge on any atom is 0.245 e. The predicted molar refractivity (Wildman–Crippen MR) is 86.4 cm³/mol. The third-order valence-electron chi connectivity index (χ3n) is 4.54. The number of hydroxylamine groups is 2. The largest absolute Gasteiger partial charge is 0.630 e. The molecule has 120 valence electrons. The van der Waals surface area contributed by atoms with E-state index >= 15 is 0 Å². The Morgan fingerprint density at radius 2 is 1.61 bits per heavy atom. The van der Waals surface area contributed by atoms with Crippen LogP contribution >= 0.6 is 0 Å². The molecule has 0 bridgehead atoms. The van der Waals surface area contributed by atoms with E-state index in [2.05, 4.69) is 5.32 Å². The molecule has 0 aromatic heterocycles. The quantitative estimate of drug-likeness (QED) is 0.579. The molecule has 0 amide bonds. The van der Waals surface area contributed by atoms with Gasteiger partial charge in [-0.15, -0.1) is 0 Å². The summed E-state index contributed by atoms with van der Waals surface area (Å²) in [5.41, 5.74) is -1.76. The summed E-state index contributed by atoms with van der Waals surface area (Å²) >= 11 is 0. The fraction of sp³-hybridized carbons (Fsp3) is 0.278. The number of hydrogen-bond acceptors (Lipinski definition) is 4. The van der Waals surface area contributed by atoms with Gasteiger partial charge >= 0.3 is 0 Å². The van der Waals surface area contributed by atoms with Crippen LogP contribution in [0.3, 0.4) is 0 Å². The average Bonchev–Trinajstić information content (AvgIpc) is 2.77. The predicted octanol–water partition coefficient (Wildman–Crippen LogP) is 0.805. The van der Waals surface area contributed by atoms with Crippen molar-refractivity contribution >= 4 is 5.78 Å². The van der Waals surface area contributed by atoms with E-state index in [0.717, 1.165) is 0 Å². The highest BCUT2D eigenvalue weighted by molar-refractivity contribution is 5.99. The van der Waals surface area contributed by atoms with Gasteiger partial charge in [-0.2, -0.15) is 0 Å². The number of ketones is 1. The van der Waals surface area contributed by atoms with Crippen molar-refractivity contribution in [3.63, 3.8) is 0 Å². The maximum absolute atomic E-state index is 12.9. The molecule has 3 atom stereocenters. The standard InChI is InChI=1S/C18H20N2O3/c1-17(2)18(22,14-11-7-4-8-12-14)20(23)16(19-17)15(21)13-9-5-3-6-10-13/h3-12,16,19-20,22H,1-2H3. The van der Waals surface area contributed by atoms with Crippen LogP contribution in [-0.4, -0.2) is 22.6 Å². The lowest BCUT2D eigenvalue weighted by Gasteiger charge is -2.40. The molecule has 2 aromatic carbocycles. The Kier molecular flexibility index (Phi) is 3.82. The first-order valence-corrected chi connectivity index (χ1v) is 7.57. The first-order chi connectivity index (χ1) is 10.9. The van der Waals surface area contributed by atoms with Crippen molar-refractivity contribution in [1.29, 1.82) is 0 Å². The van der Waals surface area contributed by atoms with Crippen LogP contribution in [0.5, 0.6) is 0 Å². The van der Waals surface area contributed by atoms with E-state index in [1.807, 2.05) is 12.1 Å². The van der Waals surface area contributed by atoms with Crippen LogP contribution in [0.2, 0.25) is 0 Å². The Balaban J connectivity index is 2.00. The van der Waals surface area contributed by atoms with Gasteiger partial charge < -0.3 is 15.4 Å². The highest BCUT2D eigenvalue weighted by Crippen LogP contribution is 2.31. The van der Waals surface area contributed by atoms with Crippen molar-refractivity contribution < 1.29 is 15.0 Å². The lowest BCUT2D eigenvalue weighted by molar-refractivity contribution is -0.945. The minimum atomic E-state index is -1.75. The fourth-order valence-electron chi connectivity index (χ4n) is 3.18. The SMILES string of the molecule is CC1(C)NC(C(=O)c2ccccc2)[NH+]([O-])C1(O)c1ccccc1. The van der Waals surface area contributed by atoms with Gasteiger partial charge in [0.2, 0.25) is 17.7 Å². The van der Waals surface area contributed by atoms with E-state index in [1.54, 1.807) is 62.4 Å². The zero-order chi connectivity index (χ0) is 16.7. The number of carbonyl (C=O) groups is 1. The van der Waals surface area contributed by atoms with Crippen LogP contribution < -0.4 is 10.4 Å². The van der Waals surface area contributed by atoms with E-state index in [9.17, 15) is 15.1 Å². The molecule has 1 saturated heterocycles. The van der Waals surface area contributed by atoms with Gasteiger partial charge in [-0.05, 0) is 26.0 Å². The van der Waals surface area contributed by atoms with Gasteiger partial charge in [0, 0.05) is 11.1 Å². The van der Waals surface area contributed by atoms with Crippen molar-refractivity contribution in [2.75, 3.05) is 0 Å². The number of nitrogens with one attached hydrogen (secondary N) is 2. The Morgan fingerprint density at radius 1 is 1.09 bits per heavy atom. The summed E-state index contributed by atoms with van der Waals surface area (Å²) in [6.45, 7) is 3.46. The second kappa shape index (κ2) is 5.54. The molecule has 3 unspecified atom stereocenters. The second-order valence-electron chi connectivity index (χ2n) is 6.37. The Labute approximate surface area is 135 Å². The van der Waals surface area contributed by atoms with E-state index in [4.69, 9.17) is 0 Å². The smallest absolute Gasteiger partial charge is 0.245 e. The van der Waals surface area contributed by atoms with Crippen LogP contribution in [0.4, 0.5) is 0 Å².